The summed E-state index contributed by atoms with van der Waals surface area (Å²) in [4.78, 5) is 13.6. The minimum Gasteiger partial charge on any atom is -0.315 e. The predicted molar refractivity (Wildman–Crippen MR) is 107 cm³/mol. The second-order valence-electron chi connectivity index (χ2n) is 6.87. The van der Waals surface area contributed by atoms with Crippen molar-refractivity contribution < 1.29 is 4.79 Å². The lowest BCUT2D eigenvalue weighted by molar-refractivity contribution is -0.115. The van der Waals surface area contributed by atoms with E-state index in [-0.39, 0.29) is 18.5 Å². The van der Waals surface area contributed by atoms with E-state index in [2.05, 4.69) is 23.6 Å². The molecule has 2 N–H and O–H groups in total. The molecule has 136 valence electrons. The first kappa shape index (κ1) is 18.9. The van der Waals surface area contributed by atoms with Crippen molar-refractivity contribution in [2.45, 2.75) is 39.2 Å². The summed E-state index contributed by atoms with van der Waals surface area (Å²) in [7, 11) is 0. The number of nitrogens with zero attached hydrogens (tertiary/aromatic N) is 1. The minimum absolute atomic E-state index is 0.0332. The van der Waals surface area contributed by atoms with Crippen LogP contribution in [0.2, 0.25) is 5.02 Å². The predicted octanol–water partition coefficient (Wildman–Crippen LogP) is 4.69. The lowest BCUT2D eigenvalue weighted by Crippen LogP contribution is -2.30. The largest absolute Gasteiger partial charge is 0.315 e. The second-order valence-corrected chi connectivity index (χ2v) is 8.41. The molecule has 1 heterocycles. The molecule has 4 nitrogen and oxygen atoms in total. The molecule has 1 amide bonds. The number of anilines is 1. The standard InChI is InChI=1S/C20H22ClN3OS/c1-12-3-8-16-17(10-22)20(26-18(16)9-12)24-19(25)11-23-13(2)14-4-6-15(21)7-5-14/h4-7,12-13,23H,3,8-9,11H2,1-2H3,(H,24,25)/t12-,13+/m1/s1. The Morgan fingerprint density at radius 1 is 1.42 bits per heavy atom. The first-order valence-corrected chi connectivity index (χ1v) is 10.0. The van der Waals surface area contributed by atoms with Crippen molar-refractivity contribution >= 4 is 33.8 Å². The van der Waals surface area contributed by atoms with Gasteiger partial charge in [-0.2, -0.15) is 5.26 Å². The van der Waals surface area contributed by atoms with Gasteiger partial charge in [0, 0.05) is 15.9 Å². The molecule has 0 bridgehead atoms. The number of thiophene rings is 1. The summed E-state index contributed by atoms with van der Waals surface area (Å²) in [6, 6.07) is 9.88. The number of halogens is 1. The molecule has 0 spiro atoms. The smallest absolute Gasteiger partial charge is 0.238 e. The van der Waals surface area contributed by atoms with Crippen LogP contribution in [-0.4, -0.2) is 12.5 Å². The maximum atomic E-state index is 12.4. The van der Waals surface area contributed by atoms with Crippen molar-refractivity contribution in [3.8, 4) is 6.07 Å². The van der Waals surface area contributed by atoms with Crippen LogP contribution in [0.1, 0.15) is 47.9 Å². The molecule has 0 aliphatic heterocycles. The third-order valence-electron chi connectivity index (χ3n) is 4.82. The van der Waals surface area contributed by atoms with Crippen LogP contribution in [0.4, 0.5) is 5.00 Å². The lowest BCUT2D eigenvalue weighted by Gasteiger charge is -2.17. The molecule has 0 radical (unpaired) electrons. The summed E-state index contributed by atoms with van der Waals surface area (Å²) in [5, 5.41) is 17.0. The summed E-state index contributed by atoms with van der Waals surface area (Å²) in [6.07, 6.45) is 3.03. The first-order chi connectivity index (χ1) is 12.5. The number of rotatable bonds is 5. The Kier molecular flexibility index (Phi) is 5.98. The van der Waals surface area contributed by atoms with Gasteiger partial charge in [0.05, 0.1) is 12.1 Å². The molecule has 26 heavy (non-hydrogen) atoms. The van der Waals surface area contributed by atoms with Crippen LogP contribution >= 0.6 is 22.9 Å². The van der Waals surface area contributed by atoms with E-state index in [4.69, 9.17) is 11.6 Å². The second kappa shape index (κ2) is 8.22. The average molecular weight is 388 g/mol. The highest BCUT2D eigenvalue weighted by Gasteiger charge is 2.24. The van der Waals surface area contributed by atoms with Crippen LogP contribution in [0.25, 0.3) is 0 Å². The van der Waals surface area contributed by atoms with E-state index >= 15 is 0 Å². The molecule has 3 rings (SSSR count). The molecule has 0 saturated carbocycles. The zero-order valence-corrected chi connectivity index (χ0v) is 16.5. The fourth-order valence-electron chi connectivity index (χ4n) is 3.24. The minimum atomic E-state index is -0.131. The van der Waals surface area contributed by atoms with Gasteiger partial charge in [-0.3, -0.25) is 4.79 Å². The van der Waals surface area contributed by atoms with Gasteiger partial charge in [0.1, 0.15) is 11.1 Å². The van der Waals surface area contributed by atoms with E-state index < -0.39 is 0 Å². The van der Waals surface area contributed by atoms with Gasteiger partial charge in [-0.15, -0.1) is 11.3 Å². The van der Waals surface area contributed by atoms with Gasteiger partial charge >= 0.3 is 0 Å². The number of nitriles is 1. The van der Waals surface area contributed by atoms with Gasteiger partial charge < -0.3 is 10.6 Å². The Bertz CT molecular complexity index is 838. The van der Waals surface area contributed by atoms with Gasteiger partial charge in [-0.1, -0.05) is 30.7 Å². The summed E-state index contributed by atoms with van der Waals surface area (Å²) in [6.45, 7) is 4.42. The Morgan fingerprint density at radius 3 is 2.85 bits per heavy atom. The molecule has 6 heteroatoms. The fraction of sp³-hybridized carbons (Fsp3) is 0.400. The number of benzene rings is 1. The molecule has 0 unspecified atom stereocenters. The molecular weight excluding hydrogens is 366 g/mol. The van der Waals surface area contributed by atoms with Crippen molar-refractivity contribution in [1.29, 1.82) is 5.26 Å². The Labute approximate surface area is 163 Å². The number of carbonyl (C=O) groups is 1. The van der Waals surface area contributed by atoms with Crippen molar-refractivity contribution in [3.05, 3.63) is 50.9 Å². The monoisotopic (exact) mass is 387 g/mol. The third kappa shape index (κ3) is 4.27. The highest BCUT2D eigenvalue weighted by Crippen LogP contribution is 2.39. The van der Waals surface area contributed by atoms with E-state index in [9.17, 15) is 10.1 Å². The van der Waals surface area contributed by atoms with E-state index in [1.807, 2.05) is 31.2 Å². The lowest BCUT2D eigenvalue weighted by atomic mass is 9.89. The topological polar surface area (TPSA) is 64.9 Å². The molecule has 2 aromatic rings. The zero-order chi connectivity index (χ0) is 18.7. The Balaban J connectivity index is 1.62. The summed E-state index contributed by atoms with van der Waals surface area (Å²) in [5.41, 5.74) is 2.85. The van der Waals surface area contributed by atoms with E-state index in [1.165, 1.54) is 4.88 Å². The zero-order valence-electron chi connectivity index (χ0n) is 14.9. The Hall–Kier alpha value is -1.87. The number of carbonyl (C=O) groups excluding carboxylic acids is 1. The molecule has 1 aliphatic rings. The quantitative estimate of drug-likeness (QED) is 0.782. The Morgan fingerprint density at radius 2 is 2.15 bits per heavy atom. The summed E-state index contributed by atoms with van der Waals surface area (Å²) < 4.78 is 0. The van der Waals surface area contributed by atoms with Crippen molar-refractivity contribution in [2.24, 2.45) is 5.92 Å². The maximum absolute atomic E-state index is 12.4. The van der Waals surface area contributed by atoms with Gasteiger partial charge in [0.25, 0.3) is 0 Å². The molecule has 1 aromatic carbocycles. The number of hydrogen-bond acceptors (Lipinski definition) is 4. The van der Waals surface area contributed by atoms with Crippen LogP contribution in [0.5, 0.6) is 0 Å². The molecule has 0 saturated heterocycles. The van der Waals surface area contributed by atoms with Crippen molar-refractivity contribution in [2.75, 3.05) is 11.9 Å². The molecule has 1 aromatic heterocycles. The summed E-state index contributed by atoms with van der Waals surface area (Å²) in [5.74, 6) is 0.507. The normalized spacial score (nSPS) is 17.2. The third-order valence-corrected chi connectivity index (χ3v) is 6.24. The van der Waals surface area contributed by atoms with Crippen LogP contribution in [0, 0.1) is 17.2 Å². The molecule has 0 fully saturated rings. The number of fused-ring (bicyclic) bond motifs is 1. The van der Waals surface area contributed by atoms with Gasteiger partial charge in [-0.05, 0) is 55.4 Å². The van der Waals surface area contributed by atoms with Crippen LogP contribution in [0.15, 0.2) is 24.3 Å². The maximum Gasteiger partial charge on any atom is 0.238 e. The van der Waals surface area contributed by atoms with E-state index in [1.54, 1.807) is 11.3 Å². The van der Waals surface area contributed by atoms with Crippen molar-refractivity contribution in [3.63, 3.8) is 0 Å². The molecule has 1 aliphatic carbocycles. The number of nitrogens with one attached hydrogen (secondary N) is 2. The summed E-state index contributed by atoms with van der Waals surface area (Å²) >= 11 is 7.46. The highest BCUT2D eigenvalue weighted by atomic mass is 35.5. The highest BCUT2D eigenvalue weighted by molar-refractivity contribution is 7.16. The van der Waals surface area contributed by atoms with Gasteiger partial charge in [-0.25, -0.2) is 0 Å². The van der Waals surface area contributed by atoms with E-state index in [0.717, 1.165) is 30.4 Å². The van der Waals surface area contributed by atoms with E-state index in [0.29, 0.717) is 21.5 Å². The first-order valence-electron chi connectivity index (χ1n) is 8.81. The molecular formula is C20H22ClN3OS. The molecule has 2 atom stereocenters. The average Bonchev–Trinajstić information content (AvgIpc) is 2.96. The number of amides is 1. The fourth-order valence-corrected chi connectivity index (χ4v) is 4.75. The van der Waals surface area contributed by atoms with Gasteiger partial charge in [0.15, 0.2) is 0 Å². The van der Waals surface area contributed by atoms with Crippen LogP contribution in [-0.2, 0) is 17.6 Å². The van der Waals surface area contributed by atoms with Gasteiger partial charge in [0.2, 0.25) is 5.91 Å². The SMILES string of the molecule is C[C@@H]1CCc2c(sc(NC(=O)CN[C@@H](C)c3ccc(Cl)cc3)c2C#N)C1. The van der Waals surface area contributed by atoms with Crippen molar-refractivity contribution in [1.82, 2.24) is 5.32 Å². The number of hydrogen-bond donors (Lipinski definition) is 2. The van der Waals surface area contributed by atoms with Crippen LogP contribution < -0.4 is 10.6 Å². The van der Waals surface area contributed by atoms with Crippen LogP contribution in [0.3, 0.4) is 0 Å².